The van der Waals surface area contributed by atoms with E-state index in [1.54, 1.807) is 37.3 Å². The topological polar surface area (TPSA) is 77.2 Å². The number of anilines is 1. The van der Waals surface area contributed by atoms with Crippen LogP contribution >= 0.6 is 0 Å². The summed E-state index contributed by atoms with van der Waals surface area (Å²) in [5.74, 6) is 1.43. The molecule has 0 saturated heterocycles. The molecule has 128 valence electrons. The predicted molar refractivity (Wildman–Crippen MR) is 97.5 cm³/mol. The summed E-state index contributed by atoms with van der Waals surface area (Å²) in [7, 11) is 0. The number of carbonyl (C=O) groups is 1. The van der Waals surface area contributed by atoms with Crippen LogP contribution in [0.25, 0.3) is 11.1 Å². The summed E-state index contributed by atoms with van der Waals surface area (Å²) >= 11 is 0. The number of hydrogen-bond acceptors (Lipinski definition) is 5. The summed E-state index contributed by atoms with van der Waals surface area (Å²) in [6.07, 6.45) is 1.48. The van der Waals surface area contributed by atoms with Gasteiger partial charge in [0.05, 0.1) is 5.56 Å². The number of nitrogens with one attached hydrogen (secondary N) is 1. The van der Waals surface area contributed by atoms with E-state index < -0.39 is 0 Å². The Hall–Kier alpha value is -3.67. The quantitative estimate of drug-likeness (QED) is 0.586. The van der Waals surface area contributed by atoms with Gasteiger partial charge in [-0.05, 0) is 30.3 Å². The van der Waals surface area contributed by atoms with E-state index in [0.29, 0.717) is 34.4 Å². The first-order valence-corrected chi connectivity index (χ1v) is 8.05. The molecule has 1 N–H and O–H groups in total. The van der Waals surface area contributed by atoms with Crippen LogP contribution in [-0.2, 0) is 0 Å². The van der Waals surface area contributed by atoms with Crippen molar-refractivity contribution in [1.29, 1.82) is 0 Å². The Labute approximate surface area is 149 Å². The van der Waals surface area contributed by atoms with Crippen LogP contribution in [0.1, 0.15) is 16.2 Å². The van der Waals surface area contributed by atoms with Gasteiger partial charge in [-0.1, -0.05) is 18.2 Å². The lowest BCUT2D eigenvalue weighted by atomic mass is 10.2. The third-order valence-corrected chi connectivity index (χ3v) is 3.72. The van der Waals surface area contributed by atoms with Gasteiger partial charge in [-0.15, -0.1) is 0 Å². The zero-order valence-corrected chi connectivity index (χ0v) is 14.0. The summed E-state index contributed by atoms with van der Waals surface area (Å²) in [6, 6.07) is 18.0. The van der Waals surface area contributed by atoms with Crippen molar-refractivity contribution in [1.82, 2.24) is 9.97 Å². The molecule has 0 aliphatic rings. The number of aromatic nitrogens is 2. The molecule has 26 heavy (non-hydrogen) atoms. The SMILES string of the molecule is Cc1nc2ccc(NC(=O)c3ccc(Oc4ccccc4)nc3)cc2o1. The van der Waals surface area contributed by atoms with Crippen LogP contribution in [0.4, 0.5) is 5.69 Å². The van der Waals surface area contributed by atoms with Gasteiger partial charge in [0, 0.05) is 30.9 Å². The second kappa shape index (κ2) is 6.68. The molecule has 0 saturated carbocycles. The van der Waals surface area contributed by atoms with E-state index in [1.807, 2.05) is 30.3 Å². The van der Waals surface area contributed by atoms with Crippen molar-refractivity contribution in [3.63, 3.8) is 0 Å². The average Bonchev–Trinajstić information content (AvgIpc) is 3.02. The van der Waals surface area contributed by atoms with Crippen molar-refractivity contribution >= 4 is 22.7 Å². The number of amides is 1. The number of hydrogen-bond donors (Lipinski definition) is 1. The molecular weight excluding hydrogens is 330 g/mol. The molecule has 0 unspecified atom stereocenters. The van der Waals surface area contributed by atoms with Crippen molar-refractivity contribution in [3.05, 3.63) is 78.3 Å². The minimum Gasteiger partial charge on any atom is -0.441 e. The standard InChI is InChI=1S/C20H15N3O3/c1-13-22-17-9-8-15(11-18(17)25-13)23-20(24)14-7-10-19(21-12-14)26-16-5-3-2-4-6-16/h2-12H,1H3,(H,23,24). The highest BCUT2D eigenvalue weighted by Crippen LogP contribution is 2.21. The Morgan fingerprint density at radius 2 is 1.92 bits per heavy atom. The number of carbonyl (C=O) groups excluding carboxylic acids is 1. The van der Waals surface area contributed by atoms with Gasteiger partial charge in [0.15, 0.2) is 11.5 Å². The van der Waals surface area contributed by atoms with Crippen LogP contribution in [0.5, 0.6) is 11.6 Å². The number of rotatable bonds is 4. The molecular formula is C20H15N3O3. The van der Waals surface area contributed by atoms with E-state index in [1.165, 1.54) is 6.20 Å². The van der Waals surface area contributed by atoms with E-state index in [4.69, 9.17) is 9.15 Å². The minimum atomic E-state index is -0.264. The molecule has 0 aliphatic carbocycles. The summed E-state index contributed by atoms with van der Waals surface area (Å²) in [5, 5.41) is 2.82. The number of ether oxygens (including phenoxy) is 1. The zero-order chi connectivity index (χ0) is 17.9. The van der Waals surface area contributed by atoms with Crippen LogP contribution in [-0.4, -0.2) is 15.9 Å². The van der Waals surface area contributed by atoms with Gasteiger partial charge in [0.25, 0.3) is 5.91 Å². The molecule has 0 aliphatic heterocycles. The van der Waals surface area contributed by atoms with Crippen LogP contribution in [0.2, 0.25) is 0 Å². The van der Waals surface area contributed by atoms with Crippen LogP contribution in [0.3, 0.4) is 0 Å². The number of nitrogens with zero attached hydrogens (tertiary/aromatic N) is 2. The van der Waals surface area contributed by atoms with Crippen molar-refractivity contribution in [2.45, 2.75) is 6.92 Å². The summed E-state index contributed by atoms with van der Waals surface area (Å²) in [4.78, 5) is 20.8. The van der Waals surface area contributed by atoms with Crippen LogP contribution < -0.4 is 10.1 Å². The van der Waals surface area contributed by atoms with Gasteiger partial charge in [-0.25, -0.2) is 9.97 Å². The highest BCUT2D eigenvalue weighted by Gasteiger charge is 2.09. The molecule has 6 heteroatoms. The lowest BCUT2D eigenvalue weighted by molar-refractivity contribution is 0.102. The summed E-state index contributed by atoms with van der Waals surface area (Å²) in [6.45, 7) is 1.78. The molecule has 4 rings (SSSR count). The molecule has 2 aromatic carbocycles. The maximum atomic E-state index is 12.4. The number of fused-ring (bicyclic) bond motifs is 1. The van der Waals surface area contributed by atoms with Crippen molar-refractivity contribution < 1.29 is 13.9 Å². The van der Waals surface area contributed by atoms with E-state index in [2.05, 4.69) is 15.3 Å². The Morgan fingerprint density at radius 3 is 2.69 bits per heavy atom. The lowest BCUT2D eigenvalue weighted by Gasteiger charge is -2.07. The Morgan fingerprint density at radius 1 is 1.08 bits per heavy atom. The molecule has 0 radical (unpaired) electrons. The van der Waals surface area contributed by atoms with Crippen LogP contribution in [0, 0.1) is 6.92 Å². The number of para-hydroxylation sites is 1. The highest BCUT2D eigenvalue weighted by molar-refractivity contribution is 6.04. The number of aryl methyl sites for hydroxylation is 1. The first-order valence-electron chi connectivity index (χ1n) is 8.05. The van der Waals surface area contributed by atoms with Gasteiger partial charge in [0.2, 0.25) is 5.88 Å². The summed E-state index contributed by atoms with van der Waals surface area (Å²) < 4.78 is 11.1. The predicted octanol–water partition coefficient (Wildman–Crippen LogP) is 4.58. The van der Waals surface area contributed by atoms with Crippen molar-refractivity contribution in [3.8, 4) is 11.6 Å². The molecule has 4 aromatic rings. The average molecular weight is 345 g/mol. The molecule has 0 atom stereocenters. The second-order valence-corrected chi connectivity index (χ2v) is 5.67. The normalized spacial score (nSPS) is 10.7. The van der Waals surface area contributed by atoms with Gasteiger partial charge in [-0.3, -0.25) is 4.79 Å². The van der Waals surface area contributed by atoms with Gasteiger partial charge >= 0.3 is 0 Å². The van der Waals surface area contributed by atoms with Gasteiger partial charge < -0.3 is 14.5 Å². The number of benzene rings is 2. The van der Waals surface area contributed by atoms with Gasteiger partial charge in [-0.2, -0.15) is 0 Å². The fourth-order valence-corrected chi connectivity index (χ4v) is 2.51. The first-order chi connectivity index (χ1) is 12.7. The Bertz CT molecular complexity index is 1060. The maximum Gasteiger partial charge on any atom is 0.257 e. The number of pyridine rings is 1. The zero-order valence-electron chi connectivity index (χ0n) is 14.0. The van der Waals surface area contributed by atoms with E-state index in [-0.39, 0.29) is 5.91 Å². The molecule has 0 fully saturated rings. The fraction of sp³-hybridized carbons (Fsp3) is 0.0500. The fourth-order valence-electron chi connectivity index (χ4n) is 2.51. The van der Waals surface area contributed by atoms with E-state index in [0.717, 1.165) is 5.52 Å². The van der Waals surface area contributed by atoms with Gasteiger partial charge in [0.1, 0.15) is 11.3 Å². The molecule has 0 spiro atoms. The first kappa shape index (κ1) is 15.8. The molecule has 2 aromatic heterocycles. The smallest absolute Gasteiger partial charge is 0.257 e. The molecule has 2 heterocycles. The molecule has 1 amide bonds. The number of oxazole rings is 1. The maximum absolute atomic E-state index is 12.4. The lowest BCUT2D eigenvalue weighted by Crippen LogP contribution is -2.12. The molecule has 6 nitrogen and oxygen atoms in total. The van der Waals surface area contributed by atoms with Crippen molar-refractivity contribution in [2.75, 3.05) is 5.32 Å². The van der Waals surface area contributed by atoms with Crippen molar-refractivity contribution in [2.24, 2.45) is 0 Å². The Balaban J connectivity index is 1.47. The highest BCUT2D eigenvalue weighted by atomic mass is 16.5. The third-order valence-electron chi connectivity index (χ3n) is 3.72. The van der Waals surface area contributed by atoms with E-state index >= 15 is 0 Å². The monoisotopic (exact) mass is 345 g/mol. The van der Waals surface area contributed by atoms with E-state index in [9.17, 15) is 4.79 Å². The van der Waals surface area contributed by atoms with Crippen LogP contribution in [0.15, 0.2) is 71.3 Å². The Kier molecular flexibility index (Phi) is 4.07. The second-order valence-electron chi connectivity index (χ2n) is 5.67. The molecule has 0 bridgehead atoms. The third kappa shape index (κ3) is 3.39. The minimum absolute atomic E-state index is 0.264. The largest absolute Gasteiger partial charge is 0.441 e. The summed E-state index contributed by atoms with van der Waals surface area (Å²) in [5.41, 5.74) is 2.44.